The summed E-state index contributed by atoms with van der Waals surface area (Å²) in [5.74, 6) is -0.712. The van der Waals surface area contributed by atoms with Crippen molar-refractivity contribution < 1.29 is 24.2 Å². The fourth-order valence-electron chi connectivity index (χ4n) is 4.37. The Balaban J connectivity index is 1.51. The molecule has 3 aromatic carbocycles. The van der Waals surface area contributed by atoms with Gasteiger partial charge < -0.3 is 14.6 Å². The third-order valence-corrected chi connectivity index (χ3v) is 7.03. The first-order valence-corrected chi connectivity index (χ1v) is 12.7. The molecule has 1 amide bonds. The molecule has 0 spiro atoms. The third kappa shape index (κ3) is 4.88. The number of anilines is 1. The highest BCUT2D eigenvalue weighted by atomic mass is 32.1. The highest BCUT2D eigenvalue weighted by Crippen LogP contribution is 2.43. The van der Waals surface area contributed by atoms with Gasteiger partial charge in [-0.1, -0.05) is 53.3 Å². The maximum absolute atomic E-state index is 13.3. The van der Waals surface area contributed by atoms with Crippen molar-refractivity contribution in [2.45, 2.75) is 26.5 Å². The van der Waals surface area contributed by atoms with Crippen LogP contribution in [-0.2, 0) is 16.2 Å². The topological polar surface area (TPSA) is 102 Å². The summed E-state index contributed by atoms with van der Waals surface area (Å²) in [5, 5.41) is 20.4. The standard InChI is InChI=1S/C29H25N3O5S/c1-17-6-4-7-19(14-17)16-37-22-12-10-20(11-13-22)26(33)24-25(21-8-5-9-23(15-21)36-3)32(28(35)27(24)34)29-31-30-18(2)38-29/h4-15,25,33H,16H2,1-3H3/b26-24+/t25-/m1/s1. The summed E-state index contributed by atoms with van der Waals surface area (Å²) in [6.07, 6.45) is 0. The summed E-state index contributed by atoms with van der Waals surface area (Å²) in [6, 6.07) is 20.9. The first kappa shape index (κ1) is 25.2. The number of Topliss-reactive ketones (excluding diaryl/α,β-unsaturated/α-hetero) is 1. The van der Waals surface area contributed by atoms with Crippen molar-refractivity contribution >= 4 is 33.9 Å². The normalized spacial score (nSPS) is 16.6. The van der Waals surface area contributed by atoms with E-state index in [1.807, 2.05) is 25.1 Å². The van der Waals surface area contributed by atoms with Crippen LogP contribution in [-0.4, -0.2) is 34.1 Å². The molecule has 38 heavy (non-hydrogen) atoms. The van der Waals surface area contributed by atoms with Crippen molar-refractivity contribution in [2.24, 2.45) is 0 Å². The van der Waals surface area contributed by atoms with Crippen LogP contribution in [0.2, 0.25) is 0 Å². The Morgan fingerprint density at radius 3 is 2.42 bits per heavy atom. The van der Waals surface area contributed by atoms with E-state index in [0.717, 1.165) is 11.1 Å². The minimum Gasteiger partial charge on any atom is -0.507 e. The van der Waals surface area contributed by atoms with Gasteiger partial charge in [-0.25, -0.2) is 0 Å². The number of carbonyl (C=O) groups excluding carboxylic acids is 2. The van der Waals surface area contributed by atoms with E-state index in [1.165, 1.54) is 23.3 Å². The van der Waals surface area contributed by atoms with Gasteiger partial charge in [0.2, 0.25) is 5.13 Å². The van der Waals surface area contributed by atoms with E-state index in [9.17, 15) is 14.7 Å². The Bertz CT molecular complexity index is 1540. The first-order valence-electron chi connectivity index (χ1n) is 11.9. The number of aromatic nitrogens is 2. The number of nitrogens with zero attached hydrogens (tertiary/aromatic N) is 3. The van der Waals surface area contributed by atoms with E-state index in [4.69, 9.17) is 9.47 Å². The number of benzene rings is 3. The molecule has 0 radical (unpaired) electrons. The summed E-state index contributed by atoms with van der Waals surface area (Å²) >= 11 is 1.19. The maximum Gasteiger partial charge on any atom is 0.301 e. The van der Waals surface area contributed by atoms with Gasteiger partial charge in [0.05, 0.1) is 18.7 Å². The number of rotatable bonds is 7. The van der Waals surface area contributed by atoms with Gasteiger partial charge in [-0.05, 0) is 61.4 Å². The average Bonchev–Trinajstić information content (AvgIpc) is 3.47. The highest BCUT2D eigenvalue weighted by Gasteiger charge is 2.48. The molecule has 192 valence electrons. The fraction of sp³-hybridized carbons (Fsp3) is 0.172. The molecular formula is C29H25N3O5S. The fourth-order valence-corrected chi connectivity index (χ4v) is 5.09. The molecule has 5 rings (SSSR count). The molecule has 4 aromatic rings. The van der Waals surface area contributed by atoms with Crippen LogP contribution < -0.4 is 14.4 Å². The lowest BCUT2D eigenvalue weighted by Gasteiger charge is -2.23. The molecule has 9 heteroatoms. The van der Waals surface area contributed by atoms with E-state index in [0.29, 0.717) is 34.2 Å². The van der Waals surface area contributed by atoms with Crippen LogP contribution >= 0.6 is 11.3 Å². The summed E-state index contributed by atoms with van der Waals surface area (Å²) in [7, 11) is 1.53. The molecule has 1 aliphatic heterocycles. The second-order valence-corrected chi connectivity index (χ2v) is 10.0. The minimum absolute atomic E-state index is 0.0375. The van der Waals surface area contributed by atoms with E-state index >= 15 is 0 Å². The van der Waals surface area contributed by atoms with Gasteiger partial charge >= 0.3 is 5.91 Å². The number of amides is 1. The molecule has 1 saturated heterocycles. The molecule has 1 aliphatic rings. The monoisotopic (exact) mass is 527 g/mol. The molecule has 1 aromatic heterocycles. The number of hydrogen-bond donors (Lipinski definition) is 1. The number of aryl methyl sites for hydroxylation is 2. The number of aliphatic hydroxyl groups is 1. The first-order chi connectivity index (χ1) is 18.4. The maximum atomic E-state index is 13.3. The van der Waals surface area contributed by atoms with Gasteiger partial charge in [0.1, 0.15) is 28.9 Å². The van der Waals surface area contributed by atoms with E-state index < -0.39 is 17.7 Å². The molecule has 0 bridgehead atoms. The zero-order chi connectivity index (χ0) is 26.8. The Kier molecular flexibility index (Phi) is 6.93. The van der Waals surface area contributed by atoms with E-state index in [-0.39, 0.29) is 16.5 Å². The molecular weight excluding hydrogens is 502 g/mol. The Labute approximate surface area is 223 Å². The third-order valence-electron chi connectivity index (χ3n) is 6.19. The summed E-state index contributed by atoms with van der Waals surface area (Å²) in [4.78, 5) is 27.8. The lowest BCUT2D eigenvalue weighted by atomic mass is 9.95. The number of hydrogen-bond acceptors (Lipinski definition) is 8. The van der Waals surface area contributed by atoms with Crippen LogP contribution in [0.25, 0.3) is 5.76 Å². The smallest absolute Gasteiger partial charge is 0.301 e. The predicted octanol–water partition coefficient (Wildman–Crippen LogP) is 5.37. The van der Waals surface area contributed by atoms with Gasteiger partial charge in [0.15, 0.2) is 0 Å². The van der Waals surface area contributed by atoms with Crippen LogP contribution in [0.15, 0.2) is 78.4 Å². The zero-order valence-corrected chi connectivity index (χ0v) is 21.9. The number of ether oxygens (including phenoxy) is 2. The van der Waals surface area contributed by atoms with Gasteiger partial charge in [-0.15, -0.1) is 10.2 Å². The second kappa shape index (κ2) is 10.5. The number of ketones is 1. The van der Waals surface area contributed by atoms with Crippen molar-refractivity contribution in [3.05, 3.63) is 106 Å². The zero-order valence-electron chi connectivity index (χ0n) is 21.0. The SMILES string of the molecule is COc1cccc([C@@H]2/C(=C(\O)c3ccc(OCc4cccc(C)c4)cc3)C(=O)C(=O)N2c2nnc(C)s2)c1. The van der Waals surface area contributed by atoms with Crippen LogP contribution in [0.3, 0.4) is 0 Å². The molecule has 1 fully saturated rings. The average molecular weight is 528 g/mol. The summed E-state index contributed by atoms with van der Waals surface area (Å²) in [5.41, 5.74) is 3.13. The van der Waals surface area contributed by atoms with Crippen LogP contribution in [0.4, 0.5) is 5.13 Å². The largest absolute Gasteiger partial charge is 0.507 e. The molecule has 0 unspecified atom stereocenters. The molecule has 0 saturated carbocycles. The van der Waals surface area contributed by atoms with Gasteiger partial charge in [-0.3, -0.25) is 14.5 Å². The van der Waals surface area contributed by atoms with Crippen molar-refractivity contribution in [1.82, 2.24) is 10.2 Å². The van der Waals surface area contributed by atoms with Gasteiger partial charge in [-0.2, -0.15) is 0 Å². The van der Waals surface area contributed by atoms with Crippen molar-refractivity contribution in [2.75, 3.05) is 12.0 Å². The summed E-state index contributed by atoms with van der Waals surface area (Å²) < 4.78 is 11.2. The number of methoxy groups -OCH3 is 1. The van der Waals surface area contributed by atoms with Crippen molar-refractivity contribution in [1.29, 1.82) is 0 Å². The molecule has 1 atom stereocenters. The van der Waals surface area contributed by atoms with Gasteiger partial charge in [0.25, 0.3) is 5.78 Å². The number of aliphatic hydroxyl groups excluding tert-OH is 1. The second-order valence-electron chi connectivity index (χ2n) is 8.85. The Hall–Kier alpha value is -4.50. The predicted molar refractivity (Wildman–Crippen MR) is 144 cm³/mol. The quantitative estimate of drug-likeness (QED) is 0.196. The molecule has 2 heterocycles. The lowest BCUT2D eigenvalue weighted by Crippen LogP contribution is -2.29. The van der Waals surface area contributed by atoms with Crippen molar-refractivity contribution in [3.63, 3.8) is 0 Å². The Morgan fingerprint density at radius 1 is 0.974 bits per heavy atom. The van der Waals surface area contributed by atoms with E-state index in [1.54, 1.807) is 55.5 Å². The van der Waals surface area contributed by atoms with Crippen molar-refractivity contribution in [3.8, 4) is 11.5 Å². The highest BCUT2D eigenvalue weighted by molar-refractivity contribution is 7.15. The van der Waals surface area contributed by atoms with Crippen LogP contribution in [0.5, 0.6) is 11.5 Å². The minimum atomic E-state index is -0.908. The van der Waals surface area contributed by atoms with Gasteiger partial charge in [0, 0.05) is 5.56 Å². The molecule has 0 aliphatic carbocycles. The molecule has 1 N–H and O–H groups in total. The summed E-state index contributed by atoms with van der Waals surface area (Å²) in [6.45, 7) is 4.19. The van der Waals surface area contributed by atoms with Crippen LogP contribution in [0.1, 0.15) is 33.3 Å². The van der Waals surface area contributed by atoms with E-state index in [2.05, 4.69) is 16.3 Å². The molecule has 8 nitrogen and oxygen atoms in total. The number of carbonyl (C=O) groups is 2. The Morgan fingerprint density at radius 2 is 1.74 bits per heavy atom. The lowest BCUT2D eigenvalue weighted by molar-refractivity contribution is -0.132. The van der Waals surface area contributed by atoms with Crippen LogP contribution in [0, 0.1) is 13.8 Å².